The molecule has 0 spiro atoms. The number of carbonyl (C=O) groups excluding carboxylic acids is 1. The summed E-state index contributed by atoms with van der Waals surface area (Å²) in [5, 5.41) is 0. The molecule has 0 aliphatic heterocycles. The zero-order chi connectivity index (χ0) is 12.2. The van der Waals surface area contributed by atoms with E-state index >= 15 is 0 Å². The van der Waals surface area contributed by atoms with Crippen molar-refractivity contribution in [2.45, 2.75) is 51.9 Å². The van der Waals surface area contributed by atoms with Gasteiger partial charge in [0.05, 0.1) is 6.61 Å². The lowest BCUT2D eigenvalue weighted by Crippen LogP contribution is -2.28. The molecule has 0 aromatic rings. The van der Waals surface area contributed by atoms with E-state index in [1.165, 1.54) is 12.5 Å². The third-order valence-electron chi connectivity index (χ3n) is 2.93. The first kappa shape index (κ1) is 13.5. The summed E-state index contributed by atoms with van der Waals surface area (Å²) in [6, 6.07) is 1.21. The number of rotatable bonds is 4. The van der Waals surface area contributed by atoms with Crippen LogP contribution in [-0.4, -0.2) is 20.7 Å². The first-order valence-electron chi connectivity index (χ1n) is 6.31. The fourth-order valence-corrected chi connectivity index (χ4v) is 4.26. The normalized spacial score (nSPS) is 21.5. The van der Waals surface area contributed by atoms with Crippen molar-refractivity contribution in [3.05, 3.63) is 11.6 Å². The largest absolute Gasteiger partial charge is 0.463 e. The molecule has 0 saturated carbocycles. The van der Waals surface area contributed by atoms with Crippen LogP contribution in [0.15, 0.2) is 11.6 Å². The van der Waals surface area contributed by atoms with Gasteiger partial charge in [0.15, 0.2) is 0 Å². The lowest BCUT2D eigenvalue weighted by atomic mass is 9.89. The summed E-state index contributed by atoms with van der Waals surface area (Å²) in [6.45, 7) is 9.45. The van der Waals surface area contributed by atoms with Crippen LogP contribution in [0.2, 0.25) is 25.7 Å². The molecule has 2 nitrogen and oxygen atoms in total. The molecule has 0 saturated heterocycles. The summed E-state index contributed by atoms with van der Waals surface area (Å²) in [4.78, 5) is 11.8. The highest BCUT2D eigenvalue weighted by Crippen LogP contribution is 2.32. The van der Waals surface area contributed by atoms with Crippen LogP contribution in [0.1, 0.15) is 26.2 Å². The van der Waals surface area contributed by atoms with Crippen LogP contribution in [0, 0.1) is 5.92 Å². The molecule has 0 heterocycles. The maximum absolute atomic E-state index is 11.8. The zero-order valence-electron chi connectivity index (χ0n) is 11.0. The van der Waals surface area contributed by atoms with Crippen molar-refractivity contribution in [2.24, 2.45) is 5.92 Å². The van der Waals surface area contributed by atoms with E-state index in [0.29, 0.717) is 12.5 Å². The molecule has 92 valence electrons. The van der Waals surface area contributed by atoms with Crippen LogP contribution in [-0.2, 0) is 9.53 Å². The second-order valence-electron chi connectivity index (χ2n) is 5.77. The molecule has 0 bridgehead atoms. The van der Waals surface area contributed by atoms with Crippen molar-refractivity contribution in [3.63, 3.8) is 0 Å². The summed E-state index contributed by atoms with van der Waals surface area (Å²) in [7, 11) is -1.10. The topological polar surface area (TPSA) is 26.3 Å². The van der Waals surface area contributed by atoms with Gasteiger partial charge in [-0.3, -0.25) is 0 Å². The van der Waals surface area contributed by atoms with E-state index in [-0.39, 0.29) is 5.97 Å². The smallest absolute Gasteiger partial charge is 0.333 e. The van der Waals surface area contributed by atoms with Crippen LogP contribution >= 0.6 is 0 Å². The monoisotopic (exact) mass is 240 g/mol. The molecule has 0 amide bonds. The van der Waals surface area contributed by atoms with Crippen molar-refractivity contribution in [1.29, 1.82) is 0 Å². The molecule has 1 rings (SSSR count). The van der Waals surface area contributed by atoms with E-state index in [1.54, 1.807) is 0 Å². The standard InChI is InChI=1S/C13H24O2Si/c1-5-15-13(14)12-9-7-6-8-11(12)10-16(2,3)4/h9,11H,5-8,10H2,1-4H3. The average Bonchev–Trinajstić information content (AvgIpc) is 2.16. The van der Waals surface area contributed by atoms with Crippen molar-refractivity contribution in [1.82, 2.24) is 0 Å². The van der Waals surface area contributed by atoms with Crippen LogP contribution < -0.4 is 0 Å². The fourth-order valence-electron chi connectivity index (χ4n) is 2.36. The van der Waals surface area contributed by atoms with E-state index in [2.05, 4.69) is 25.7 Å². The molecule has 16 heavy (non-hydrogen) atoms. The van der Waals surface area contributed by atoms with Crippen molar-refractivity contribution in [2.75, 3.05) is 6.61 Å². The Hall–Kier alpha value is -0.573. The number of esters is 1. The number of hydrogen-bond donors (Lipinski definition) is 0. The van der Waals surface area contributed by atoms with Crippen molar-refractivity contribution < 1.29 is 9.53 Å². The van der Waals surface area contributed by atoms with Crippen LogP contribution in [0.4, 0.5) is 0 Å². The number of hydrogen-bond acceptors (Lipinski definition) is 2. The molecule has 0 aromatic carbocycles. The Kier molecular flexibility index (Phi) is 4.78. The maximum atomic E-state index is 11.8. The zero-order valence-corrected chi connectivity index (χ0v) is 12.0. The summed E-state index contributed by atoms with van der Waals surface area (Å²) in [5.74, 6) is 0.380. The first-order chi connectivity index (χ1) is 7.44. The lowest BCUT2D eigenvalue weighted by Gasteiger charge is -2.28. The SMILES string of the molecule is CCOC(=O)C1=CCCCC1C[Si](C)(C)C. The van der Waals surface area contributed by atoms with Crippen LogP contribution in [0.25, 0.3) is 0 Å². The maximum Gasteiger partial charge on any atom is 0.333 e. The summed E-state index contributed by atoms with van der Waals surface area (Å²) < 4.78 is 5.13. The highest BCUT2D eigenvalue weighted by atomic mass is 28.3. The molecular formula is C13H24O2Si. The molecule has 1 aliphatic carbocycles. The van der Waals surface area contributed by atoms with Gasteiger partial charge in [-0.05, 0) is 32.1 Å². The molecule has 0 radical (unpaired) electrons. The summed E-state index contributed by atoms with van der Waals surface area (Å²) in [6.07, 6.45) is 5.52. The van der Waals surface area contributed by atoms with Gasteiger partial charge < -0.3 is 4.74 Å². The van der Waals surface area contributed by atoms with Gasteiger partial charge in [0.2, 0.25) is 0 Å². The Morgan fingerprint density at radius 2 is 2.19 bits per heavy atom. The van der Waals surface area contributed by atoms with Crippen LogP contribution in [0.3, 0.4) is 0 Å². The van der Waals surface area contributed by atoms with E-state index < -0.39 is 8.07 Å². The number of allylic oxidation sites excluding steroid dienone is 1. The summed E-state index contributed by atoms with van der Waals surface area (Å²) >= 11 is 0. The minimum Gasteiger partial charge on any atom is -0.463 e. The summed E-state index contributed by atoms with van der Waals surface area (Å²) in [5.41, 5.74) is 0.954. The predicted octanol–water partition coefficient (Wildman–Crippen LogP) is 3.61. The van der Waals surface area contributed by atoms with Crippen molar-refractivity contribution >= 4 is 14.0 Å². The molecule has 1 aliphatic rings. The van der Waals surface area contributed by atoms with Crippen LogP contribution in [0.5, 0.6) is 0 Å². The predicted molar refractivity (Wildman–Crippen MR) is 70.2 cm³/mol. The second-order valence-corrected chi connectivity index (χ2v) is 11.3. The first-order valence-corrected chi connectivity index (χ1v) is 10.0. The van der Waals surface area contributed by atoms with Gasteiger partial charge in [0, 0.05) is 13.6 Å². The third-order valence-corrected chi connectivity index (χ3v) is 4.65. The Labute approximate surface area is 100 Å². The van der Waals surface area contributed by atoms with E-state index in [0.717, 1.165) is 18.4 Å². The quantitative estimate of drug-likeness (QED) is 0.554. The van der Waals surface area contributed by atoms with E-state index in [4.69, 9.17) is 4.74 Å². The molecular weight excluding hydrogens is 216 g/mol. The second kappa shape index (κ2) is 5.67. The van der Waals surface area contributed by atoms with Gasteiger partial charge in [-0.15, -0.1) is 0 Å². The molecule has 1 unspecified atom stereocenters. The molecule has 1 atom stereocenters. The van der Waals surface area contributed by atoms with Gasteiger partial charge in [0.1, 0.15) is 0 Å². The molecule has 0 aromatic heterocycles. The Morgan fingerprint density at radius 1 is 1.50 bits per heavy atom. The van der Waals surface area contributed by atoms with Gasteiger partial charge in [-0.25, -0.2) is 4.79 Å². The average molecular weight is 240 g/mol. The van der Waals surface area contributed by atoms with E-state index in [9.17, 15) is 4.79 Å². The Morgan fingerprint density at radius 3 is 2.75 bits per heavy atom. The van der Waals surface area contributed by atoms with Crippen molar-refractivity contribution in [3.8, 4) is 0 Å². The van der Waals surface area contributed by atoms with Gasteiger partial charge >= 0.3 is 5.97 Å². The molecule has 0 fully saturated rings. The highest BCUT2D eigenvalue weighted by molar-refractivity contribution is 6.76. The molecule has 3 heteroatoms. The Balaban J connectivity index is 2.71. The molecule has 0 N–H and O–H groups in total. The van der Waals surface area contributed by atoms with E-state index in [1.807, 2.05) is 6.92 Å². The van der Waals surface area contributed by atoms with Gasteiger partial charge in [0.25, 0.3) is 0 Å². The van der Waals surface area contributed by atoms with Gasteiger partial charge in [-0.1, -0.05) is 31.8 Å². The van der Waals surface area contributed by atoms with Gasteiger partial charge in [-0.2, -0.15) is 0 Å². The lowest BCUT2D eigenvalue weighted by molar-refractivity contribution is -0.139. The third kappa shape index (κ3) is 4.12. The highest BCUT2D eigenvalue weighted by Gasteiger charge is 2.28. The number of carbonyl (C=O) groups is 1. The fraction of sp³-hybridized carbons (Fsp3) is 0.769. The number of ether oxygens (including phenoxy) is 1. The minimum atomic E-state index is -1.10. The minimum absolute atomic E-state index is 0.0783. The Bertz CT molecular complexity index is 276.